The Morgan fingerprint density at radius 2 is 1.71 bits per heavy atom. The van der Waals surface area contributed by atoms with Gasteiger partial charge in [-0.2, -0.15) is 0 Å². The van der Waals surface area contributed by atoms with Gasteiger partial charge in [-0.1, -0.05) is 6.07 Å². The summed E-state index contributed by atoms with van der Waals surface area (Å²) >= 11 is 0. The van der Waals surface area contributed by atoms with E-state index in [0.717, 1.165) is 11.3 Å². The van der Waals surface area contributed by atoms with Crippen LogP contribution in [0.1, 0.15) is 15.9 Å². The summed E-state index contributed by atoms with van der Waals surface area (Å²) in [5, 5.41) is 6.10. The van der Waals surface area contributed by atoms with Crippen LogP contribution in [0.3, 0.4) is 0 Å². The van der Waals surface area contributed by atoms with E-state index in [-0.39, 0.29) is 23.9 Å². The average Bonchev–Trinajstić information content (AvgIpc) is 2.85. The molecule has 0 unspecified atom stereocenters. The Kier molecular flexibility index (Phi) is 6.82. The summed E-state index contributed by atoms with van der Waals surface area (Å²) in [6, 6.07) is 18.7. The fourth-order valence-electron chi connectivity index (χ4n) is 3.44. The molecule has 35 heavy (non-hydrogen) atoms. The van der Waals surface area contributed by atoms with Gasteiger partial charge in [0.1, 0.15) is 11.3 Å². The van der Waals surface area contributed by atoms with Crippen LogP contribution in [0.4, 0.5) is 17.1 Å². The van der Waals surface area contributed by atoms with Crippen molar-refractivity contribution in [1.29, 1.82) is 0 Å². The van der Waals surface area contributed by atoms with E-state index in [1.807, 2.05) is 44.1 Å². The van der Waals surface area contributed by atoms with Gasteiger partial charge in [0.25, 0.3) is 11.8 Å². The number of carbonyl (C=O) groups excluding carboxylic acids is 2. The molecule has 0 fully saturated rings. The quantitative estimate of drug-likeness (QED) is 0.413. The molecule has 0 atom stereocenters. The van der Waals surface area contributed by atoms with Crippen LogP contribution in [0.25, 0.3) is 11.0 Å². The van der Waals surface area contributed by atoms with Crippen LogP contribution in [0.2, 0.25) is 0 Å². The molecule has 0 saturated heterocycles. The Labute approximate surface area is 202 Å². The number of fused-ring (bicyclic) bond motifs is 1. The van der Waals surface area contributed by atoms with Gasteiger partial charge < -0.3 is 24.7 Å². The summed E-state index contributed by atoms with van der Waals surface area (Å²) in [5.41, 5.74) is 3.70. The number of amides is 2. The minimum Gasteiger partial charge on any atom is -0.484 e. The van der Waals surface area contributed by atoms with Crippen LogP contribution in [0, 0.1) is 6.92 Å². The lowest BCUT2D eigenvalue weighted by Gasteiger charge is -2.14. The lowest BCUT2D eigenvalue weighted by atomic mass is 10.1. The van der Waals surface area contributed by atoms with E-state index in [2.05, 4.69) is 10.6 Å². The van der Waals surface area contributed by atoms with E-state index in [4.69, 9.17) is 9.15 Å². The van der Waals surface area contributed by atoms with Crippen molar-refractivity contribution in [2.24, 2.45) is 0 Å². The molecule has 2 amide bonds. The zero-order valence-corrected chi connectivity index (χ0v) is 19.6. The normalized spacial score (nSPS) is 10.6. The van der Waals surface area contributed by atoms with Crippen LogP contribution < -0.4 is 25.7 Å². The van der Waals surface area contributed by atoms with Gasteiger partial charge in [-0.25, -0.2) is 0 Å². The van der Waals surface area contributed by atoms with E-state index < -0.39 is 0 Å². The van der Waals surface area contributed by atoms with Gasteiger partial charge in [0.05, 0.1) is 11.6 Å². The number of carbonyl (C=O) groups is 2. The van der Waals surface area contributed by atoms with Gasteiger partial charge in [0.2, 0.25) is 0 Å². The molecule has 8 nitrogen and oxygen atoms in total. The molecule has 0 radical (unpaired) electrons. The van der Waals surface area contributed by atoms with Crippen LogP contribution in [-0.4, -0.2) is 32.5 Å². The number of aryl methyl sites for hydroxylation is 1. The van der Waals surface area contributed by atoms with Gasteiger partial charge in [-0.15, -0.1) is 0 Å². The number of ether oxygens (including phenoxy) is 1. The molecule has 3 aromatic carbocycles. The number of hydrogen-bond acceptors (Lipinski definition) is 6. The Balaban J connectivity index is 1.39. The molecule has 178 valence electrons. The molecule has 1 heterocycles. The van der Waals surface area contributed by atoms with Gasteiger partial charge >= 0.3 is 0 Å². The molecule has 4 aromatic rings. The molecular formula is C27H25N3O5. The standard InChI is InChI=1S/C27H25N3O5/c1-17-4-7-19(28-27(33)18-5-8-20(9-6-18)30(2)3)14-23(17)29-26(32)16-35-21-10-11-22-24(31)12-13-34-25(22)15-21/h4-15H,16H2,1-3H3,(H,28,33)(H,29,32). The SMILES string of the molecule is Cc1ccc(NC(=O)c2ccc(N(C)C)cc2)cc1NC(=O)COc1ccc2c(=O)ccoc2c1. The Hall–Kier alpha value is -4.59. The molecule has 8 heteroatoms. The molecule has 0 aliphatic heterocycles. The topological polar surface area (TPSA) is 101 Å². The van der Waals surface area contributed by atoms with Crippen molar-refractivity contribution in [3.05, 3.63) is 94.3 Å². The van der Waals surface area contributed by atoms with Gasteiger partial charge in [-0.05, 0) is 61.0 Å². The lowest BCUT2D eigenvalue weighted by Crippen LogP contribution is -2.21. The Morgan fingerprint density at radius 3 is 2.46 bits per heavy atom. The molecule has 0 saturated carbocycles. The minimum absolute atomic E-state index is 0.149. The largest absolute Gasteiger partial charge is 0.484 e. The average molecular weight is 472 g/mol. The van der Waals surface area contributed by atoms with E-state index in [9.17, 15) is 14.4 Å². The number of hydrogen-bond donors (Lipinski definition) is 2. The van der Waals surface area contributed by atoms with Gasteiger partial charge in [0.15, 0.2) is 12.0 Å². The lowest BCUT2D eigenvalue weighted by molar-refractivity contribution is -0.118. The third-order valence-electron chi connectivity index (χ3n) is 5.42. The Morgan fingerprint density at radius 1 is 0.943 bits per heavy atom. The summed E-state index contributed by atoms with van der Waals surface area (Å²) in [7, 11) is 3.87. The monoisotopic (exact) mass is 471 g/mol. The number of nitrogens with zero attached hydrogens (tertiary/aromatic N) is 1. The van der Waals surface area contributed by atoms with Crippen molar-refractivity contribution < 1.29 is 18.7 Å². The van der Waals surface area contributed by atoms with Crippen LogP contribution in [0.5, 0.6) is 5.75 Å². The summed E-state index contributed by atoms with van der Waals surface area (Å²) < 4.78 is 10.9. The third kappa shape index (κ3) is 5.67. The molecule has 0 bridgehead atoms. The van der Waals surface area contributed by atoms with E-state index in [1.165, 1.54) is 12.3 Å². The highest BCUT2D eigenvalue weighted by atomic mass is 16.5. The number of benzene rings is 3. The second kappa shape index (κ2) is 10.1. The van der Waals surface area contributed by atoms with Crippen LogP contribution in [0.15, 0.2) is 82.2 Å². The second-order valence-electron chi connectivity index (χ2n) is 8.20. The predicted octanol–water partition coefficient (Wildman–Crippen LogP) is 4.44. The fourth-order valence-corrected chi connectivity index (χ4v) is 3.44. The maximum Gasteiger partial charge on any atom is 0.262 e. The Bertz CT molecular complexity index is 1440. The van der Waals surface area contributed by atoms with Gasteiger partial charge in [0, 0.05) is 48.9 Å². The van der Waals surface area contributed by atoms with E-state index >= 15 is 0 Å². The fraction of sp³-hybridized carbons (Fsp3) is 0.148. The van der Waals surface area contributed by atoms with Gasteiger partial charge in [-0.3, -0.25) is 14.4 Å². The van der Waals surface area contributed by atoms with Crippen molar-refractivity contribution in [3.8, 4) is 5.75 Å². The zero-order valence-electron chi connectivity index (χ0n) is 19.6. The number of rotatable bonds is 7. The first-order valence-corrected chi connectivity index (χ1v) is 10.9. The predicted molar refractivity (Wildman–Crippen MR) is 137 cm³/mol. The highest BCUT2D eigenvalue weighted by Gasteiger charge is 2.11. The molecule has 2 N–H and O–H groups in total. The smallest absolute Gasteiger partial charge is 0.262 e. The maximum atomic E-state index is 12.6. The van der Waals surface area contributed by atoms with Crippen LogP contribution in [-0.2, 0) is 4.79 Å². The minimum atomic E-state index is -0.370. The molecular weight excluding hydrogens is 446 g/mol. The highest BCUT2D eigenvalue weighted by molar-refractivity contribution is 6.05. The first kappa shape index (κ1) is 23.6. The van der Waals surface area contributed by atoms with E-state index in [1.54, 1.807) is 42.5 Å². The first-order valence-electron chi connectivity index (χ1n) is 10.9. The second-order valence-corrected chi connectivity index (χ2v) is 8.20. The van der Waals surface area contributed by atoms with Crippen molar-refractivity contribution >= 4 is 39.8 Å². The van der Waals surface area contributed by atoms with Crippen molar-refractivity contribution in [2.75, 3.05) is 36.2 Å². The molecule has 1 aromatic heterocycles. The molecule has 0 aliphatic carbocycles. The number of anilines is 3. The summed E-state index contributed by atoms with van der Waals surface area (Å²) in [4.78, 5) is 38.9. The van der Waals surface area contributed by atoms with Crippen molar-refractivity contribution in [3.63, 3.8) is 0 Å². The van der Waals surface area contributed by atoms with E-state index in [0.29, 0.717) is 33.7 Å². The van der Waals surface area contributed by atoms with Crippen molar-refractivity contribution in [1.82, 2.24) is 0 Å². The maximum absolute atomic E-state index is 12.6. The number of nitrogens with one attached hydrogen (secondary N) is 2. The molecule has 4 rings (SSSR count). The zero-order chi connectivity index (χ0) is 24.9. The van der Waals surface area contributed by atoms with Crippen LogP contribution >= 0.6 is 0 Å². The molecule has 0 aliphatic rings. The highest BCUT2D eigenvalue weighted by Crippen LogP contribution is 2.22. The first-order chi connectivity index (χ1) is 16.8. The molecule has 0 spiro atoms. The summed E-state index contributed by atoms with van der Waals surface area (Å²) in [6.07, 6.45) is 1.31. The third-order valence-corrected chi connectivity index (χ3v) is 5.42. The van der Waals surface area contributed by atoms with Crippen molar-refractivity contribution in [2.45, 2.75) is 6.92 Å². The summed E-state index contributed by atoms with van der Waals surface area (Å²) in [6.45, 7) is 1.62. The summed E-state index contributed by atoms with van der Waals surface area (Å²) in [5.74, 6) is -0.215.